The van der Waals surface area contributed by atoms with E-state index in [4.69, 9.17) is 16.7 Å². The predicted octanol–water partition coefficient (Wildman–Crippen LogP) is 4.16. The molecule has 1 aromatic heterocycles. The van der Waals surface area contributed by atoms with Crippen LogP contribution in [0.4, 0.5) is 13.2 Å². The molecule has 0 aliphatic carbocycles. The lowest BCUT2D eigenvalue weighted by Gasteiger charge is -2.18. The summed E-state index contributed by atoms with van der Waals surface area (Å²) in [6, 6.07) is 7.12. The Morgan fingerprint density at radius 2 is 2.00 bits per heavy atom. The fourth-order valence-corrected chi connectivity index (χ4v) is 4.01. The van der Waals surface area contributed by atoms with E-state index in [0.717, 1.165) is 15.4 Å². The first-order chi connectivity index (χ1) is 11.7. The summed E-state index contributed by atoms with van der Waals surface area (Å²) in [5, 5.41) is 10.4. The van der Waals surface area contributed by atoms with Crippen molar-refractivity contribution in [1.82, 2.24) is 9.88 Å². The van der Waals surface area contributed by atoms with Crippen molar-refractivity contribution in [2.75, 3.05) is 13.1 Å². The minimum Gasteiger partial charge on any atom is -0.481 e. The average molecular weight is 391 g/mol. The van der Waals surface area contributed by atoms with Crippen LogP contribution in [0.25, 0.3) is 10.6 Å². The van der Waals surface area contributed by atoms with Crippen molar-refractivity contribution in [2.45, 2.75) is 12.7 Å². The van der Waals surface area contributed by atoms with Crippen molar-refractivity contribution < 1.29 is 23.1 Å². The summed E-state index contributed by atoms with van der Waals surface area (Å²) >= 11 is 7.22. The number of carboxylic acid groups (broad SMARTS) is 1. The lowest BCUT2D eigenvalue weighted by molar-refractivity contribution is -0.188. The quantitative estimate of drug-likeness (QED) is 0.851. The first-order valence-corrected chi connectivity index (χ1v) is 8.66. The van der Waals surface area contributed by atoms with Gasteiger partial charge < -0.3 is 5.11 Å². The summed E-state index contributed by atoms with van der Waals surface area (Å²) in [4.78, 5) is 17.7. The second kappa shape index (κ2) is 6.93. The second-order valence-electron chi connectivity index (χ2n) is 5.93. The number of hydrogen-bond donors (Lipinski definition) is 1. The third kappa shape index (κ3) is 4.13. The lowest BCUT2D eigenvalue weighted by atomic mass is 9.96. The van der Waals surface area contributed by atoms with Crippen LogP contribution in [-0.2, 0) is 11.3 Å². The third-order valence-electron chi connectivity index (χ3n) is 4.16. The maximum Gasteiger partial charge on any atom is 0.393 e. The van der Waals surface area contributed by atoms with Crippen molar-refractivity contribution in [3.05, 3.63) is 40.4 Å². The molecule has 1 aliphatic heterocycles. The maximum atomic E-state index is 13.0. The summed E-state index contributed by atoms with van der Waals surface area (Å²) in [6.07, 6.45) is -2.90. The Labute approximate surface area is 150 Å². The molecule has 3 rings (SSSR count). The van der Waals surface area contributed by atoms with Gasteiger partial charge in [0, 0.05) is 41.3 Å². The molecule has 1 aliphatic rings. The van der Waals surface area contributed by atoms with Crippen molar-refractivity contribution >= 4 is 28.9 Å². The zero-order valence-electron chi connectivity index (χ0n) is 12.8. The van der Waals surface area contributed by atoms with Gasteiger partial charge in [-0.25, -0.2) is 4.98 Å². The molecule has 0 spiro atoms. The SMILES string of the molecule is O=C(O)[C@@H]1CN(Cc2cnc(-c3ccc(Cl)cc3)s2)C[C@H]1C(F)(F)F. The van der Waals surface area contributed by atoms with Crippen molar-refractivity contribution in [3.63, 3.8) is 0 Å². The molecule has 2 atom stereocenters. The highest BCUT2D eigenvalue weighted by molar-refractivity contribution is 7.15. The van der Waals surface area contributed by atoms with Crippen LogP contribution in [0.15, 0.2) is 30.5 Å². The molecule has 134 valence electrons. The predicted molar refractivity (Wildman–Crippen MR) is 88.5 cm³/mol. The number of halogens is 4. The maximum absolute atomic E-state index is 13.0. The van der Waals surface area contributed by atoms with Crippen LogP contribution in [-0.4, -0.2) is 40.2 Å². The smallest absolute Gasteiger partial charge is 0.393 e. The van der Waals surface area contributed by atoms with Gasteiger partial charge in [-0.2, -0.15) is 13.2 Å². The molecule has 0 unspecified atom stereocenters. The van der Waals surface area contributed by atoms with E-state index in [0.29, 0.717) is 5.02 Å². The van der Waals surface area contributed by atoms with Gasteiger partial charge in [0.25, 0.3) is 0 Å². The summed E-state index contributed by atoms with van der Waals surface area (Å²) < 4.78 is 39.1. The largest absolute Gasteiger partial charge is 0.481 e. The zero-order valence-corrected chi connectivity index (χ0v) is 14.4. The number of hydrogen-bond acceptors (Lipinski definition) is 4. The van der Waals surface area contributed by atoms with E-state index in [1.807, 2.05) is 12.1 Å². The third-order valence-corrected chi connectivity index (χ3v) is 5.44. The van der Waals surface area contributed by atoms with Gasteiger partial charge in [-0.3, -0.25) is 9.69 Å². The highest BCUT2D eigenvalue weighted by atomic mass is 35.5. The van der Waals surface area contributed by atoms with Crippen molar-refractivity contribution in [1.29, 1.82) is 0 Å². The van der Waals surface area contributed by atoms with Gasteiger partial charge in [0.05, 0.1) is 11.8 Å². The number of benzene rings is 1. The van der Waals surface area contributed by atoms with Gasteiger partial charge in [0.2, 0.25) is 0 Å². The van der Waals surface area contributed by atoms with Crippen LogP contribution in [0.3, 0.4) is 0 Å². The Morgan fingerprint density at radius 1 is 1.32 bits per heavy atom. The number of aromatic nitrogens is 1. The minimum absolute atomic E-state index is 0.117. The minimum atomic E-state index is -4.51. The van der Waals surface area contributed by atoms with E-state index in [-0.39, 0.29) is 19.6 Å². The topological polar surface area (TPSA) is 53.4 Å². The first-order valence-electron chi connectivity index (χ1n) is 7.46. The molecule has 0 radical (unpaired) electrons. The van der Waals surface area contributed by atoms with Gasteiger partial charge in [-0.05, 0) is 12.1 Å². The van der Waals surface area contributed by atoms with Gasteiger partial charge in [0.1, 0.15) is 5.01 Å². The molecule has 1 N–H and O–H groups in total. The number of carbonyl (C=O) groups is 1. The lowest BCUT2D eigenvalue weighted by Crippen LogP contribution is -2.33. The summed E-state index contributed by atoms with van der Waals surface area (Å²) in [6.45, 7) is -0.177. The van der Waals surface area contributed by atoms with E-state index in [9.17, 15) is 18.0 Å². The van der Waals surface area contributed by atoms with E-state index >= 15 is 0 Å². The van der Waals surface area contributed by atoms with Crippen LogP contribution in [0.1, 0.15) is 4.88 Å². The second-order valence-corrected chi connectivity index (χ2v) is 7.48. The zero-order chi connectivity index (χ0) is 18.2. The Hall–Kier alpha value is -1.64. The summed E-state index contributed by atoms with van der Waals surface area (Å²) in [7, 11) is 0. The Balaban J connectivity index is 1.71. The highest BCUT2D eigenvalue weighted by Crippen LogP contribution is 2.38. The molecule has 1 saturated heterocycles. The molecular weight excluding hydrogens is 377 g/mol. The highest BCUT2D eigenvalue weighted by Gasteiger charge is 2.52. The molecule has 1 aromatic carbocycles. The molecule has 25 heavy (non-hydrogen) atoms. The van der Waals surface area contributed by atoms with Gasteiger partial charge >= 0.3 is 12.1 Å². The molecule has 1 fully saturated rings. The standard InChI is InChI=1S/C16H14ClF3N2O2S/c17-10-3-1-9(2-4-10)14-21-5-11(25-14)6-22-7-12(15(23)24)13(8-22)16(18,19)20/h1-5,12-13H,6-8H2,(H,23,24)/t12-,13-/m1/s1. The number of alkyl halides is 3. The average Bonchev–Trinajstić information content (AvgIpc) is 3.15. The van der Waals surface area contributed by atoms with Crippen LogP contribution >= 0.6 is 22.9 Å². The molecular formula is C16H14ClF3N2O2S. The van der Waals surface area contributed by atoms with Crippen LogP contribution in [0.5, 0.6) is 0 Å². The molecule has 0 saturated carbocycles. The molecule has 0 amide bonds. The van der Waals surface area contributed by atoms with E-state index < -0.39 is 24.0 Å². The number of aliphatic carboxylic acids is 1. The summed E-state index contributed by atoms with van der Waals surface area (Å²) in [5.41, 5.74) is 0.874. The molecule has 0 bridgehead atoms. The molecule has 2 aromatic rings. The van der Waals surface area contributed by atoms with Gasteiger partial charge in [0.15, 0.2) is 0 Å². The number of carboxylic acids is 1. The molecule has 2 heterocycles. The fourth-order valence-electron chi connectivity index (χ4n) is 2.92. The Bertz CT molecular complexity index is 763. The molecule has 9 heteroatoms. The fraction of sp³-hybridized carbons (Fsp3) is 0.375. The van der Waals surface area contributed by atoms with Crippen molar-refractivity contribution in [2.24, 2.45) is 11.8 Å². The Kier molecular flexibility index (Phi) is 5.04. The normalized spacial score (nSPS) is 21.6. The Morgan fingerprint density at radius 3 is 2.56 bits per heavy atom. The number of likely N-dealkylation sites (tertiary alicyclic amines) is 1. The number of nitrogens with zero attached hydrogens (tertiary/aromatic N) is 2. The monoisotopic (exact) mass is 390 g/mol. The van der Waals surface area contributed by atoms with Crippen LogP contribution in [0, 0.1) is 11.8 Å². The van der Waals surface area contributed by atoms with Crippen molar-refractivity contribution in [3.8, 4) is 10.6 Å². The van der Waals surface area contributed by atoms with Crippen LogP contribution < -0.4 is 0 Å². The van der Waals surface area contributed by atoms with E-state index in [1.54, 1.807) is 18.3 Å². The van der Waals surface area contributed by atoms with E-state index in [1.165, 1.54) is 16.2 Å². The number of thiazole rings is 1. The van der Waals surface area contributed by atoms with Gasteiger partial charge in [-0.1, -0.05) is 23.7 Å². The van der Waals surface area contributed by atoms with Crippen LogP contribution in [0.2, 0.25) is 5.02 Å². The molecule has 4 nitrogen and oxygen atoms in total. The van der Waals surface area contributed by atoms with E-state index in [2.05, 4.69) is 4.98 Å². The van der Waals surface area contributed by atoms with Gasteiger partial charge in [-0.15, -0.1) is 11.3 Å². The number of rotatable bonds is 4. The first kappa shape index (κ1) is 18.2. The summed E-state index contributed by atoms with van der Waals surface area (Å²) in [5.74, 6) is -4.67.